The van der Waals surface area contributed by atoms with E-state index in [9.17, 15) is 0 Å². The summed E-state index contributed by atoms with van der Waals surface area (Å²) in [5.74, 6) is 0. The van der Waals surface area contributed by atoms with Crippen molar-refractivity contribution in [1.29, 1.82) is 0 Å². The fraction of sp³-hybridized carbons (Fsp3) is 0. The van der Waals surface area contributed by atoms with Crippen molar-refractivity contribution in [3.05, 3.63) is 217 Å². The van der Waals surface area contributed by atoms with Gasteiger partial charge in [0.25, 0.3) is 0 Å². The molecule has 0 aromatic heterocycles. The molecule has 2 nitrogen and oxygen atoms in total. The fourth-order valence-corrected chi connectivity index (χ4v) is 8.09. The molecule has 0 saturated heterocycles. The minimum absolute atomic E-state index is 0.784. The molecule has 2 N–H and O–H groups in total. The number of nitrogen functional groups attached to an aromatic ring is 1. The van der Waals surface area contributed by atoms with E-state index in [-0.39, 0.29) is 0 Å². The van der Waals surface area contributed by atoms with Crippen molar-refractivity contribution in [3.8, 4) is 33.4 Å². The van der Waals surface area contributed by atoms with E-state index < -0.39 is 0 Å². The molecule has 2 heteroatoms. The Hall–Kier alpha value is -7.16. The zero-order valence-electron chi connectivity index (χ0n) is 29.7. The van der Waals surface area contributed by atoms with Crippen molar-refractivity contribution in [1.82, 2.24) is 0 Å². The topological polar surface area (TPSA) is 29.3 Å². The monoisotopic (exact) mass is 688 g/mol. The van der Waals surface area contributed by atoms with Crippen LogP contribution in [0.1, 0.15) is 16.7 Å². The van der Waals surface area contributed by atoms with Gasteiger partial charge in [0.15, 0.2) is 0 Å². The lowest BCUT2D eigenvalue weighted by Gasteiger charge is -2.27. The van der Waals surface area contributed by atoms with Gasteiger partial charge in [0.2, 0.25) is 0 Å². The van der Waals surface area contributed by atoms with Crippen molar-refractivity contribution < 1.29 is 0 Å². The molecule has 0 atom stereocenters. The molecule has 0 amide bonds. The molecule has 0 aliphatic heterocycles. The standard InChI is InChI=1S/C52H36N2/c53-50-31-26-42(33-49(50)48-34-43-18-6-14-39-15-8-20-47(48)52(39)43)41-17-7-16-40(32-41)37-24-29-45(30-25-37)54(51-21-9-13-38-12-4-5-19-46(38)51)44-27-22-36(23-28-44)35-10-2-1-3-11-35/h1-34H,53H2. The minimum atomic E-state index is 0.784. The van der Waals surface area contributed by atoms with Crippen LogP contribution in [0.3, 0.4) is 0 Å². The van der Waals surface area contributed by atoms with Gasteiger partial charge in [-0.15, -0.1) is 0 Å². The van der Waals surface area contributed by atoms with Gasteiger partial charge in [-0.1, -0.05) is 152 Å². The first-order chi connectivity index (χ1) is 26.7. The second-order valence-electron chi connectivity index (χ2n) is 14.0. The molecular weight excluding hydrogens is 653 g/mol. The molecule has 1 aliphatic carbocycles. The Morgan fingerprint density at radius 1 is 0.370 bits per heavy atom. The van der Waals surface area contributed by atoms with E-state index in [2.05, 4.69) is 205 Å². The average Bonchev–Trinajstić information content (AvgIpc) is 3.62. The number of rotatable bonds is 7. The molecular formula is C52H36N2. The number of nitrogens with two attached hydrogens (primary N) is 1. The van der Waals surface area contributed by atoms with Crippen LogP contribution in [-0.2, 0) is 0 Å². The van der Waals surface area contributed by atoms with Gasteiger partial charge in [-0.25, -0.2) is 0 Å². The van der Waals surface area contributed by atoms with Crippen LogP contribution in [0.5, 0.6) is 0 Å². The summed E-state index contributed by atoms with van der Waals surface area (Å²) >= 11 is 0. The summed E-state index contributed by atoms with van der Waals surface area (Å²) in [7, 11) is 0. The van der Waals surface area contributed by atoms with Crippen LogP contribution in [0.15, 0.2) is 200 Å². The molecule has 0 fully saturated rings. The Bertz CT molecular complexity index is 2860. The van der Waals surface area contributed by atoms with Gasteiger partial charge in [0.1, 0.15) is 0 Å². The van der Waals surface area contributed by atoms with Crippen molar-refractivity contribution in [3.63, 3.8) is 0 Å². The van der Waals surface area contributed by atoms with Crippen LogP contribution in [0.4, 0.5) is 22.7 Å². The second kappa shape index (κ2) is 13.1. The highest BCUT2D eigenvalue weighted by Gasteiger charge is 2.20. The van der Waals surface area contributed by atoms with E-state index in [1.165, 1.54) is 54.9 Å². The fourth-order valence-electron chi connectivity index (χ4n) is 8.09. The first kappa shape index (κ1) is 31.6. The molecule has 0 saturated carbocycles. The Morgan fingerprint density at radius 2 is 0.907 bits per heavy atom. The quantitative estimate of drug-likeness (QED) is 0.169. The number of anilines is 4. The lowest BCUT2D eigenvalue weighted by Crippen LogP contribution is -2.10. The maximum atomic E-state index is 6.67. The maximum absolute atomic E-state index is 6.67. The third-order valence-electron chi connectivity index (χ3n) is 10.8. The summed E-state index contributed by atoms with van der Waals surface area (Å²) in [4.78, 5) is 2.36. The minimum Gasteiger partial charge on any atom is -0.398 e. The second-order valence-corrected chi connectivity index (χ2v) is 14.0. The third kappa shape index (κ3) is 5.53. The summed E-state index contributed by atoms with van der Waals surface area (Å²) in [6.07, 6.45) is 2.28. The SMILES string of the molecule is Nc1ccc(-c2cccc(-c3ccc(N(c4ccc(-c5ccccc5)cc4)c4cccc5ccccc45)cc3)c2)cc1C1=Cc2cccc3cccc1c23. The van der Waals surface area contributed by atoms with E-state index in [0.717, 1.165) is 45.0 Å². The van der Waals surface area contributed by atoms with Gasteiger partial charge < -0.3 is 10.6 Å². The number of benzene rings is 9. The highest BCUT2D eigenvalue weighted by Crippen LogP contribution is 2.43. The molecule has 0 unspecified atom stereocenters. The van der Waals surface area contributed by atoms with Crippen LogP contribution in [-0.4, -0.2) is 0 Å². The molecule has 9 aromatic rings. The molecule has 0 heterocycles. The molecule has 1 aliphatic rings. The first-order valence-corrected chi connectivity index (χ1v) is 18.5. The predicted molar refractivity (Wildman–Crippen MR) is 230 cm³/mol. The van der Waals surface area contributed by atoms with Gasteiger partial charge in [-0.2, -0.15) is 0 Å². The van der Waals surface area contributed by atoms with E-state index in [1.807, 2.05) is 6.07 Å². The Balaban J connectivity index is 1.00. The van der Waals surface area contributed by atoms with Crippen LogP contribution >= 0.6 is 0 Å². The smallest absolute Gasteiger partial charge is 0.0540 e. The van der Waals surface area contributed by atoms with Crippen LogP contribution in [0.25, 0.3) is 66.6 Å². The Kier molecular flexibility index (Phi) is 7.66. The Morgan fingerprint density at radius 3 is 1.69 bits per heavy atom. The van der Waals surface area contributed by atoms with Gasteiger partial charge in [0, 0.05) is 28.0 Å². The molecule has 254 valence electrons. The highest BCUT2D eigenvalue weighted by atomic mass is 15.1. The summed E-state index contributed by atoms with van der Waals surface area (Å²) in [6, 6.07) is 71.8. The van der Waals surface area contributed by atoms with Crippen LogP contribution in [0.2, 0.25) is 0 Å². The van der Waals surface area contributed by atoms with Gasteiger partial charge in [0.05, 0.1) is 5.69 Å². The molecule has 9 aromatic carbocycles. The average molecular weight is 689 g/mol. The first-order valence-electron chi connectivity index (χ1n) is 18.5. The zero-order valence-corrected chi connectivity index (χ0v) is 29.7. The predicted octanol–water partition coefficient (Wildman–Crippen LogP) is 13.9. The Labute approximate surface area is 315 Å². The third-order valence-corrected chi connectivity index (χ3v) is 10.8. The zero-order chi connectivity index (χ0) is 36.0. The summed E-state index contributed by atoms with van der Waals surface area (Å²) in [6.45, 7) is 0. The van der Waals surface area contributed by atoms with Crippen molar-refractivity contribution in [2.75, 3.05) is 10.6 Å². The van der Waals surface area contributed by atoms with Crippen molar-refractivity contribution in [2.45, 2.75) is 0 Å². The number of nitrogens with zero attached hydrogens (tertiary/aromatic N) is 1. The number of fused-ring (bicyclic) bond motifs is 1. The molecule has 0 bridgehead atoms. The van der Waals surface area contributed by atoms with Crippen molar-refractivity contribution in [2.24, 2.45) is 0 Å². The van der Waals surface area contributed by atoms with Crippen LogP contribution in [0, 0.1) is 0 Å². The van der Waals surface area contributed by atoms with Gasteiger partial charge in [-0.05, 0) is 121 Å². The van der Waals surface area contributed by atoms with E-state index >= 15 is 0 Å². The summed E-state index contributed by atoms with van der Waals surface area (Å²) in [5, 5.41) is 4.98. The number of hydrogen-bond donors (Lipinski definition) is 1. The van der Waals surface area contributed by atoms with Gasteiger partial charge >= 0.3 is 0 Å². The van der Waals surface area contributed by atoms with E-state index in [0.29, 0.717) is 0 Å². The normalized spacial score (nSPS) is 11.9. The van der Waals surface area contributed by atoms with E-state index in [4.69, 9.17) is 5.73 Å². The summed E-state index contributed by atoms with van der Waals surface area (Å²) in [5.41, 5.74) is 22.6. The molecule has 54 heavy (non-hydrogen) atoms. The lowest BCUT2D eigenvalue weighted by molar-refractivity contribution is 1.30. The lowest BCUT2D eigenvalue weighted by atomic mass is 9.93. The van der Waals surface area contributed by atoms with E-state index in [1.54, 1.807) is 0 Å². The molecule has 10 rings (SSSR count). The largest absolute Gasteiger partial charge is 0.398 e. The maximum Gasteiger partial charge on any atom is 0.0540 e. The summed E-state index contributed by atoms with van der Waals surface area (Å²) < 4.78 is 0. The highest BCUT2D eigenvalue weighted by molar-refractivity contribution is 6.14. The van der Waals surface area contributed by atoms with Crippen LogP contribution < -0.4 is 10.6 Å². The molecule has 0 radical (unpaired) electrons. The number of hydrogen-bond acceptors (Lipinski definition) is 2. The van der Waals surface area contributed by atoms with Crippen molar-refractivity contribution >= 4 is 55.9 Å². The molecule has 0 spiro atoms. The van der Waals surface area contributed by atoms with Gasteiger partial charge in [-0.3, -0.25) is 0 Å².